The average Bonchev–Trinajstić information content (AvgIpc) is 2.15. The third-order valence-corrected chi connectivity index (χ3v) is 2.88. The molecule has 0 aromatic rings. The summed E-state index contributed by atoms with van der Waals surface area (Å²) in [5.74, 6) is -0.0298. The van der Waals surface area contributed by atoms with Crippen molar-refractivity contribution in [2.45, 2.75) is 52.2 Å². The van der Waals surface area contributed by atoms with Gasteiger partial charge >= 0.3 is 0 Å². The first-order valence-electron chi connectivity index (χ1n) is 5.55. The Labute approximate surface area is 95.0 Å². The van der Waals surface area contributed by atoms with Crippen LogP contribution < -0.4 is 10.6 Å². The number of piperazine rings is 1. The molecular weight excluding hydrogens is 214 g/mol. The summed E-state index contributed by atoms with van der Waals surface area (Å²) in [5, 5.41) is 5.70. The second-order valence-electron chi connectivity index (χ2n) is 5.40. The van der Waals surface area contributed by atoms with Gasteiger partial charge < -0.3 is 5.32 Å². The standard InChI is InChI=1S/C11H20F2N2O/c1-6-8(9(16)11(2,3)4)15-7(5-14-6)10(12)13/h6-8,10,14-15H,5H2,1-4H3. The van der Waals surface area contributed by atoms with Crippen LogP contribution in [0.15, 0.2) is 0 Å². The maximum atomic E-state index is 12.6. The van der Waals surface area contributed by atoms with Crippen molar-refractivity contribution in [3.63, 3.8) is 0 Å². The number of halogens is 2. The summed E-state index contributed by atoms with van der Waals surface area (Å²) < 4.78 is 25.1. The van der Waals surface area contributed by atoms with Gasteiger partial charge in [0.1, 0.15) is 0 Å². The van der Waals surface area contributed by atoms with Crippen molar-refractivity contribution in [1.29, 1.82) is 0 Å². The van der Waals surface area contributed by atoms with Crippen LogP contribution in [0, 0.1) is 5.41 Å². The number of hydrogen-bond donors (Lipinski definition) is 2. The molecule has 1 aliphatic rings. The summed E-state index contributed by atoms with van der Waals surface area (Å²) in [5.41, 5.74) is -0.516. The number of nitrogens with one attached hydrogen (secondary N) is 2. The van der Waals surface area contributed by atoms with Gasteiger partial charge in [0.15, 0.2) is 5.78 Å². The maximum Gasteiger partial charge on any atom is 0.254 e. The zero-order chi connectivity index (χ0) is 12.5. The van der Waals surface area contributed by atoms with E-state index >= 15 is 0 Å². The molecule has 0 bridgehead atoms. The van der Waals surface area contributed by atoms with Crippen molar-refractivity contribution in [2.75, 3.05) is 6.54 Å². The number of carbonyl (C=O) groups excluding carboxylic acids is 1. The molecule has 0 aromatic carbocycles. The Hall–Kier alpha value is -0.550. The molecule has 0 aromatic heterocycles. The Morgan fingerprint density at radius 1 is 1.38 bits per heavy atom. The molecule has 0 radical (unpaired) electrons. The van der Waals surface area contributed by atoms with Gasteiger partial charge in [-0.1, -0.05) is 20.8 Å². The lowest BCUT2D eigenvalue weighted by molar-refractivity contribution is -0.130. The van der Waals surface area contributed by atoms with E-state index in [1.54, 1.807) is 20.8 Å². The van der Waals surface area contributed by atoms with Crippen LogP contribution in [0.3, 0.4) is 0 Å². The minimum atomic E-state index is -2.45. The van der Waals surface area contributed by atoms with Gasteiger partial charge in [-0.05, 0) is 6.92 Å². The highest BCUT2D eigenvalue weighted by Gasteiger charge is 2.39. The van der Waals surface area contributed by atoms with Gasteiger partial charge in [-0.25, -0.2) is 8.78 Å². The molecular formula is C11H20F2N2O. The summed E-state index contributed by atoms with van der Waals surface area (Å²) in [6, 6.07) is -1.58. The van der Waals surface area contributed by atoms with E-state index in [0.29, 0.717) is 0 Å². The molecule has 2 N–H and O–H groups in total. The molecule has 5 heteroatoms. The fraction of sp³-hybridized carbons (Fsp3) is 0.909. The van der Waals surface area contributed by atoms with Crippen molar-refractivity contribution < 1.29 is 13.6 Å². The van der Waals surface area contributed by atoms with Crippen LogP contribution in [0.5, 0.6) is 0 Å². The van der Waals surface area contributed by atoms with E-state index in [9.17, 15) is 13.6 Å². The minimum absolute atomic E-state index is 0.0298. The number of rotatable bonds is 2. The third kappa shape index (κ3) is 2.98. The molecule has 3 atom stereocenters. The van der Waals surface area contributed by atoms with Gasteiger partial charge in [0.2, 0.25) is 0 Å². The second-order valence-corrected chi connectivity index (χ2v) is 5.40. The molecule has 3 unspecified atom stereocenters. The quantitative estimate of drug-likeness (QED) is 0.754. The zero-order valence-electron chi connectivity index (χ0n) is 10.2. The number of Topliss-reactive ketones (excluding diaryl/α,β-unsaturated/α-hetero) is 1. The molecule has 0 spiro atoms. The van der Waals surface area contributed by atoms with Gasteiger partial charge in [-0.3, -0.25) is 10.1 Å². The lowest BCUT2D eigenvalue weighted by Gasteiger charge is -2.38. The van der Waals surface area contributed by atoms with Crippen LogP contribution in [0.2, 0.25) is 0 Å². The summed E-state index contributed by atoms with van der Waals surface area (Å²) in [7, 11) is 0. The van der Waals surface area contributed by atoms with E-state index in [1.807, 2.05) is 6.92 Å². The first kappa shape index (κ1) is 13.5. The molecule has 0 saturated carbocycles. The Balaban J connectivity index is 2.74. The Kier molecular flexibility index (Phi) is 4.02. The maximum absolute atomic E-state index is 12.6. The molecule has 1 fully saturated rings. The van der Waals surface area contributed by atoms with E-state index in [0.717, 1.165) is 0 Å². The SMILES string of the molecule is CC1NCC(C(F)F)NC1C(=O)C(C)(C)C. The van der Waals surface area contributed by atoms with E-state index in [1.165, 1.54) is 0 Å². The summed E-state index contributed by atoms with van der Waals surface area (Å²) in [6.07, 6.45) is -2.45. The molecule has 16 heavy (non-hydrogen) atoms. The fourth-order valence-corrected chi connectivity index (χ4v) is 1.80. The van der Waals surface area contributed by atoms with Crippen molar-refractivity contribution in [1.82, 2.24) is 10.6 Å². The van der Waals surface area contributed by atoms with Crippen LogP contribution in [0.1, 0.15) is 27.7 Å². The van der Waals surface area contributed by atoms with Gasteiger partial charge in [-0.2, -0.15) is 0 Å². The Bertz CT molecular complexity index is 263. The fourth-order valence-electron chi connectivity index (χ4n) is 1.80. The predicted molar refractivity (Wildman–Crippen MR) is 58.6 cm³/mol. The highest BCUT2D eigenvalue weighted by molar-refractivity contribution is 5.89. The first-order chi connectivity index (χ1) is 7.23. The smallest absolute Gasteiger partial charge is 0.254 e. The van der Waals surface area contributed by atoms with Crippen LogP contribution >= 0.6 is 0 Å². The van der Waals surface area contributed by atoms with E-state index in [4.69, 9.17) is 0 Å². The Morgan fingerprint density at radius 3 is 2.38 bits per heavy atom. The van der Waals surface area contributed by atoms with Crippen LogP contribution in [-0.4, -0.2) is 36.9 Å². The lowest BCUT2D eigenvalue weighted by atomic mass is 9.83. The van der Waals surface area contributed by atoms with Crippen LogP contribution in [-0.2, 0) is 4.79 Å². The molecule has 0 amide bonds. The highest BCUT2D eigenvalue weighted by Crippen LogP contribution is 2.20. The van der Waals surface area contributed by atoms with E-state index in [2.05, 4.69) is 10.6 Å². The van der Waals surface area contributed by atoms with E-state index < -0.39 is 23.9 Å². The van der Waals surface area contributed by atoms with Crippen LogP contribution in [0.4, 0.5) is 8.78 Å². The molecule has 1 rings (SSSR count). The van der Waals surface area contributed by atoms with Crippen molar-refractivity contribution in [2.24, 2.45) is 5.41 Å². The third-order valence-electron chi connectivity index (χ3n) is 2.88. The number of carbonyl (C=O) groups is 1. The number of alkyl halides is 2. The Morgan fingerprint density at radius 2 is 1.94 bits per heavy atom. The van der Waals surface area contributed by atoms with Crippen molar-refractivity contribution >= 4 is 5.78 Å². The topological polar surface area (TPSA) is 41.1 Å². The number of ketones is 1. The molecule has 94 valence electrons. The monoisotopic (exact) mass is 234 g/mol. The van der Waals surface area contributed by atoms with Gasteiger partial charge in [0.05, 0.1) is 12.1 Å². The lowest BCUT2D eigenvalue weighted by Crippen LogP contribution is -2.65. The predicted octanol–water partition coefficient (Wildman–Crippen LogP) is 1.19. The summed E-state index contributed by atoms with van der Waals surface area (Å²) in [4.78, 5) is 12.1. The summed E-state index contributed by atoms with van der Waals surface area (Å²) in [6.45, 7) is 7.44. The molecule has 1 aliphatic heterocycles. The largest absolute Gasteiger partial charge is 0.310 e. The first-order valence-corrected chi connectivity index (χ1v) is 5.55. The van der Waals surface area contributed by atoms with Gasteiger partial charge in [-0.15, -0.1) is 0 Å². The summed E-state index contributed by atoms with van der Waals surface area (Å²) >= 11 is 0. The van der Waals surface area contributed by atoms with Crippen molar-refractivity contribution in [3.8, 4) is 0 Å². The second kappa shape index (κ2) is 4.75. The molecule has 3 nitrogen and oxygen atoms in total. The van der Waals surface area contributed by atoms with Crippen LogP contribution in [0.25, 0.3) is 0 Å². The minimum Gasteiger partial charge on any atom is -0.310 e. The molecule has 1 heterocycles. The average molecular weight is 234 g/mol. The van der Waals surface area contributed by atoms with E-state index in [-0.39, 0.29) is 18.4 Å². The van der Waals surface area contributed by atoms with Gasteiger partial charge in [0, 0.05) is 18.0 Å². The normalized spacial score (nSPS) is 31.8. The van der Waals surface area contributed by atoms with Crippen molar-refractivity contribution in [3.05, 3.63) is 0 Å². The highest BCUT2D eigenvalue weighted by atomic mass is 19.3. The van der Waals surface area contributed by atoms with Gasteiger partial charge in [0.25, 0.3) is 6.43 Å². The number of hydrogen-bond acceptors (Lipinski definition) is 3. The zero-order valence-corrected chi connectivity index (χ0v) is 10.2. The molecule has 1 saturated heterocycles. The molecule has 0 aliphatic carbocycles.